The highest BCUT2D eigenvalue weighted by Crippen LogP contribution is 2.49. The van der Waals surface area contributed by atoms with Crippen LogP contribution in [0.25, 0.3) is 38.8 Å². The molecule has 0 aliphatic carbocycles. The fraction of sp³-hybridized carbons (Fsp3) is 0.197. The molecule has 3 heterocycles. The van der Waals surface area contributed by atoms with Crippen LogP contribution in [0.5, 0.6) is 11.5 Å². The third-order valence-corrected chi connectivity index (χ3v) is 15.1. The molecule has 2 aromatic heterocycles. The highest BCUT2D eigenvalue weighted by Gasteiger charge is 2.34. The molecule has 0 atom stereocenters. The second kappa shape index (κ2) is 17.5. The van der Waals surface area contributed by atoms with Gasteiger partial charge < -0.3 is 14.5 Å². The Balaban J connectivity index is 1.03. The molecular formula is C66H62N4O. The molecule has 0 amide bonds. The van der Waals surface area contributed by atoms with Gasteiger partial charge in [-0.05, 0) is 136 Å². The molecule has 0 unspecified atom stereocenters. The van der Waals surface area contributed by atoms with Crippen molar-refractivity contribution in [3.8, 4) is 28.3 Å². The maximum absolute atomic E-state index is 7.08. The van der Waals surface area contributed by atoms with Crippen molar-refractivity contribution in [3.63, 3.8) is 0 Å². The maximum atomic E-state index is 7.08. The molecule has 11 rings (SSSR count). The Bertz CT molecular complexity index is 3470. The van der Waals surface area contributed by atoms with Crippen LogP contribution in [0.1, 0.15) is 87.4 Å². The Hall–Kier alpha value is -7.89. The summed E-state index contributed by atoms with van der Waals surface area (Å²) >= 11 is 0. The number of para-hydroxylation sites is 1. The minimum atomic E-state index is -0.254. The van der Waals surface area contributed by atoms with E-state index in [9.17, 15) is 0 Å². The second-order valence-electron chi connectivity index (χ2n) is 21.5. The van der Waals surface area contributed by atoms with E-state index in [-0.39, 0.29) is 16.2 Å². The van der Waals surface area contributed by atoms with Crippen LogP contribution in [-0.4, -0.2) is 16.2 Å². The largest absolute Gasteiger partial charge is 0.457 e. The van der Waals surface area contributed by atoms with Gasteiger partial charge in [-0.1, -0.05) is 164 Å². The highest BCUT2D eigenvalue weighted by molar-refractivity contribution is 6.08. The number of fused-ring (bicyclic) bond motifs is 4. The first-order valence-electron chi connectivity index (χ1n) is 25.0. The van der Waals surface area contributed by atoms with Gasteiger partial charge in [0.1, 0.15) is 23.8 Å². The number of aryl methyl sites for hydroxylation is 2. The number of nitrogens with zero attached hydrogens (tertiary/aromatic N) is 4. The standard InChI is InChI=1S/C66H62N4O/c1-44-21-18-22-45(2)62(44)46-35-54(70-59-31-17-16-29-57(59)58-30-20-34-67-63(58)70)42-56(36-46)71-55-28-19-27-52(41-55)68-43-69(60-33-32-49(40-61(60)68)64(3,4)5)53-38-50(65(6,7)47-23-12-10-13-24-47)37-51(39-53)66(8,9)48-25-14-11-15-26-48/h10-42H,43H2,1-9H3. The van der Waals surface area contributed by atoms with Gasteiger partial charge in [0.05, 0.1) is 22.6 Å². The minimum absolute atomic E-state index is 0.0460. The van der Waals surface area contributed by atoms with Gasteiger partial charge in [-0.3, -0.25) is 4.57 Å². The molecule has 71 heavy (non-hydrogen) atoms. The van der Waals surface area contributed by atoms with E-state index in [4.69, 9.17) is 9.72 Å². The summed E-state index contributed by atoms with van der Waals surface area (Å²) in [5.41, 5.74) is 18.2. The van der Waals surface area contributed by atoms with E-state index < -0.39 is 0 Å². The number of pyridine rings is 1. The van der Waals surface area contributed by atoms with E-state index >= 15 is 0 Å². The lowest BCUT2D eigenvalue weighted by Gasteiger charge is -2.33. The van der Waals surface area contributed by atoms with Gasteiger partial charge in [0.25, 0.3) is 0 Å². The molecule has 10 aromatic rings. The molecule has 0 radical (unpaired) electrons. The Morgan fingerprint density at radius 2 is 1.04 bits per heavy atom. The third-order valence-electron chi connectivity index (χ3n) is 15.1. The molecule has 1 aliphatic heterocycles. The van der Waals surface area contributed by atoms with Crippen molar-refractivity contribution in [2.75, 3.05) is 16.5 Å². The molecule has 5 heteroatoms. The molecular weight excluding hydrogens is 865 g/mol. The normalized spacial score (nSPS) is 13.0. The van der Waals surface area contributed by atoms with E-state index in [1.807, 2.05) is 12.3 Å². The number of ether oxygens (including phenoxy) is 1. The number of hydrogen-bond donors (Lipinski definition) is 0. The number of aromatic nitrogens is 2. The van der Waals surface area contributed by atoms with Crippen LogP contribution in [0, 0.1) is 13.8 Å². The average molecular weight is 927 g/mol. The lowest BCUT2D eigenvalue weighted by atomic mass is 9.73. The Kier molecular flexibility index (Phi) is 11.2. The molecule has 1 aliphatic rings. The van der Waals surface area contributed by atoms with Gasteiger partial charge in [-0.15, -0.1) is 0 Å². The minimum Gasteiger partial charge on any atom is -0.457 e. The molecule has 0 saturated carbocycles. The highest BCUT2D eigenvalue weighted by atomic mass is 16.5. The lowest BCUT2D eigenvalue weighted by Crippen LogP contribution is -2.27. The SMILES string of the molecule is Cc1cccc(C)c1-c1cc(Oc2cccc(N3CN(c4cc(C(C)(C)c5ccccc5)cc(C(C)(C)c5ccccc5)c4)c4ccc(C(C)(C)C)cc43)c2)cc(-n2c3ccccc3c3cccnc32)c1. The molecule has 5 nitrogen and oxygen atoms in total. The molecule has 0 spiro atoms. The number of benzene rings is 8. The Morgan fingerprint density at radius 1 is 0.437 bits per heavy atom. The summed E-state index contributed by atoms with van der Waals surface area (Å²) in [5, 5.41) is 2.29. The van der Waals surface area contributed by atoms with Gasteiger partial charge in [0, 0.05) is 51.3 Å². The van der Waals surface area contributed by atoms with Crippen molar-refractivity contribution in [1.29, 1.82) is 0 Å². The van der Waals surface area contributed by atoms with E-state index in [1.165, 1.54) is 67.0 Å². The summed E-state index contributed by atoms with van der Waals surface area (Å²) in [5.74, 6) is 1.52. The summed E-state index contributed by atoms with van der Waals surface area (Å²) < 4.78 is 9.35. The summed E-state index contributed by atoms with van der Waals surface area (Å²) in [6.45, 7) is 21.3. The molecule has 0 fully saturated rings. The number of hydrogen-bond acceptors (Lipinski definition) is 4. The fourth-order valence-electron chi connectivity index (χ4n) is 10.8. The average Bonchev–Trinajstić information content (AvgIpc) is 3.93. The second-order valence-corrected chi connectivity index (χ2v) is 21.5. The zero-order chi connectivity index (χ0) is 49.2. The predicted octanol–water partition coefficient (Wildman–Crippen LogP) is 17.5. The lowest BCUT2D eigenvalue weighted by molar-refractivity contribution is 0.483. The van der Waals surface area contributed by atoms with Crippen molar-refractivity contribution in [2.45, 2.75) is 78.6 Å². The Labute approximate surface area is 419 Å². The zero-order valence-electron chi connectivity index (χ0n) is 42.5. The third kappa shape index (κ3) is 8.23. The molecule has 0 bridgehead atoms. The number of anilines is 4. The van der Waals surface area contributed by atoms with Crippen LogP contribution in [-0.2, 0) is 16.2 Å². The van der Waals surface area contributed by atoms with Crippen molar-refractivity contribution in [1.82, 2.24) is 9.55 Å². The van der Waals surface area contributed by atoms with Gasteiger partial charge in [-0.25, -0.2) is 4.98 Å². The van der Waals surface area contributed by atoms with E-state index in [1.54, 1.807) is 0 Å². The van der Waals surface area contributed by atoms with Crippen LogP contribution in [0.4, 0.5) is 22.7 Å². The summed E-state index contributed by atoms with van der Waals surface area (Å²) in [6.07, 6.45) is 1.88. The van der Waals surface area contributed by atoms with Crippen LogP contribution in [0.3, 0.4) is 0 Å². The van der Waals surface area contributed by atoms with Crippen molar-refractivity contribution < 1.29 is 4.74 Å². The van der Waals surface area contributed by atoms with Crippen molar-refractivity contribution in [3.05, 3.63) is 239 Å². The van der Waals surface area contributed by atoms with Gasteiger partial charge in [-0.2, -0.15) is 0 Å². The molecule has 0 saturated heterocycles. The van der Waals surface area contributed by atoms with Crippen LogP contribution in [0.15, 0.2) is 200 Å². The van der Waals surface area contributed by atoms with E-state index in [0.717, 1.165) is 45.0 Å². The van der Waals surface area contributed by atoms with E-state index in [0.29, 0.717) is 6.67 Å². The molecule has 352 valence electrons. The maximum Gasteiger partial charge on any atom is 0.145 e. The van der Waals surface area contributed by atoms with Crippen molar-refractivity contribution in [2.24, 2.45) is 0 Å². The Morgan fingerprint density at radius 3 is 1.72 bits per heavy atom. The summed E-state index contributed by atoms with van der Waals surface area (Å²) in [6, 6.07) is 70.7. The number of rotatable bonds is 10. The summed E-state index contributed by atoms with van der Waals surface area (Å²) in [7, 11) is 0. The first-order valence-corrected chi connectivity index (χ1v) is 25.0. The first-order chi connectivity index (χ1) is 34.1. The van der Waals surface area contributed by atoms with Crippen LogP contribution >= 0.6 is 0 Å². The predicted molar refractivity (Wildman–Crippen MR) is 298 cm³/mol. The first kappa shape index (κ1) is 45.5. The molecule has 0 N–H and O–H groups in total. The molecule has 8 aromatic carbocycles. The van der Waals surface area contributed by atoms with Gasteiger partial charge in [0.2, 0.25) is 0 Å². The van der Waals surface area contributed by atoms with Crippen LogP contribution in [0.2, 0.25) is 0 Å². The zero-order valence-corrected chi connectivity index (χ0v) is 42.5. The summed E-state index contributed by atoms with van der Waals surface area (Å²) in [4.78, 5) is 9.90. The van der Waals surface area contributed by atoms with Crippen molar-refractivity contribution >= 4 is 44.7 Å². The fourth-order valence-corrected chi connectivity index (χ4v) is 10.8. The smallest absolute Gasteiger partial charge is 0.145 e. The van der Waals surface area contributed by atoms with E-state index in [2.05, 4.69) is 265 Å². The monoisotopic (exact) mass is 926 g/mol. The van der Waals surface area contributed by atoms with Gasteiger partial charge >= 0.3 is 0 Å². The van der Waals surface area contributed by atoms with Gasteiger partial charge in [0.15, 0.2) is 0 Å². The van der Waals surface area contributed by atoms with Crippen LogP contribution < -0.4 is 14.5 Å². The quantitative estimate of drug-likeness (QED) is 0.137. The topological polar surface area (TPSA) is 33.5 Å².